The third-order valence-corrected chi connectivity index (χ3v) is 3.67. The zero-order valence-electron chi connectivity index (χ0n) is 11.1. The maximum atomic E-state index is 13.8. The summed E-state index contributed by atoms with van der Waals surface area (Å²) >= 11 is 0. The van der Waals surface area contributed by atoms with Gasteiger partial charge in [-0.2, -0.15) is 0 Å². The number of amides is 1. The highest BCUT2D eigenvalue weighted by Crippen LogP contribution is 2.23. The van der Waals surface area contributed by atoms with Crippen molar-refractivity contribution in [3.05, 3.63) is 29.3 Å². The molecule has 1 fully saturated rings. The average molecular weight is 284 g/mol. The SMILES string of the molecule is Nc1cc(C(=O)N2CCCCCC2CO)c(F)cc1F. The molecule has 0 spiro atoms. The van der Waals surface area contributed by atoms with Crippen molar-refractivity contribution in [2.75, 3.05) is 18.9 Å². The van der Waals surface area contributed by atoms with Gasteiger partial charge in [-0.3, -0.25) is 4.79 Å². The van der Waals surface area contributed by atoms with E-state index >= 15 is 0 Å². The van der Waals surface area contributed by atoms with Gasteiger partial charge in [-0.25, -0.2) is 8.78 Å². The quantitative estimate of drug-likeness (QED) is 0.815. The van der Waals surface area contributed by atoms with Crippen LogP contribution in [-0.4, -0.2) is 35.1 Å². The Morgan fingerprint density at radius 3 is 2.75 bits per heavy atom. The van der Waals surface area contributed by atoms with Crippen LogP contribution in [-0.2, 0) is 0 Å². The van der Waals surface area contributed by atoms with Crippen molar-refractivity contribution < 1.29 is 18.7 Å². The topological polar surface area (TPSA) is 66.6 Å². The van der Waals surface area contributed by atoms with E-state index in [0.29, 0.717) is 19.0 Å². The van der Waals surface area contributed by atoms with Crippen LogP contribution in [0.15, 0.2) is 12.1 Å². The fourth-order valence-corrected chi connectivity index (χ4v) is 2.52. The smallest absolute Gasteiger partial charge is 0.257 e. The number of nitrogens with zero attached hydrogens (tertiary/aromatic N) is 1. The highest BCUT2D eigenvalue weighted by Gasteiger charge is 2.28. The first kappa shape index (κ1) is 14.7. The van der Waals surface area contributed by atoms with Gasteiger partial charge in [-0.1, -0.05) is 12.8 Å². The second-order valence-electron chi connectivity index (χ2n) is 5.04. The van der Waals surface area contributed by atoms with E-state index in [1.165, 1.54) is 4.90 Å². The Morgan fingerprint density at radius 2 is 2.05 bits per heavy atom. The maximum absolute atomic E-state index is 13.8. The average Bonchev–Trinajstić information content (AvgIpc) is 2.67. The Labute approximate surface area is 116 Å². The Bertz CT molecular complexity index is 508. The van der Waals surface area contributed by atoms with Crippen molar-refractivity contribution in [3.63, 3.8) is 0 Å². The summed E-state index contributed by atoms with van der Waals surface area (Å²) in [5.74, 6) is -2.36. The van der Waals surface area contributed by atoms with E-state index in [-0.39, 0.29) is 23.9 Å². The standard InChI is InChI=1S/C14H18F2N2O2/c15-11-7-12(16)13(17)6-10(11)14(20)18-5-3-1-2-4-9(18)8-19/h6-7,9,19H,1-5,8,17H2. The molecule has 1 aliphatic rings. The molecule has 2 rings (SSSR count). The van der Waals surface area contributed by atoms with Crippen LogP contribution in [0, 0.1) is 11.6 Å². The van der Waals surface area contributed by atoms with Crippen LogP contribution >= 0.6 is 0 Å². The number of rotatable bonds is 2. The number of nitrogens with two attached hydrogens (primary N) is 1. The number of hydrogen-bond donors (Lipinski definition) is 2. The fourth-order valence-electron chi connectivity index (χ4n) is 2.52. The molecule has 20 heavy (non-hydrogen) atoms. The van der Waals surface area contributed by atoms with Gasteiger partial charge in [0.2, 0.25) is 0 Å². The number of anilines is 1. The first-order chi connectivity index (χ1) is 9.54. The van der Waals surface area contributed by atoms with Gasteiger partial charge in [0, 0.05) is 12.6 Å². The van der Waals surface area contributed by atoms with Crippen molar-refractivity contribution in [2.24, 2.45) is 0 Å². The zero-order chi connectivity index (χ0) is 14.7. The maximum Gasteiger partial charge on any atom is 0.257 e. The molecule has 1 saturated heterocycles. The third kappa shape index (κ3) is 2.90. The van der Waals surface area contributed by atoms with Crippen LogP contribution in [0.2, 0.25) is 0 Å². The number of aliphatic hydroxyl groups is 1. The summed E-state index contributed by atoms with van der Waals surface area (Å²) in [5, 5.41) is 9.38. The molecular weight excluding hydrogens is 266 g/mol. The van der Waals surface area contributed by atoms with Gasteiger partial charge in [-0.05, 0) is 18.9 Å². The molecule has 110 valence electrons. The van der Waals surface area contributed by atoms with E-state index in [9.17, 15) is 18.7 Å². The molecule has 4 nitrogen and oxygen atoms in total. The number of carbonyl (C=O) groups excluding carboxylic acids is 1. The van der Waals surface area contributed by atoms with Crippen LogP contribution < -0.4 is 5.73 Å². The van der Waals surface area contributed by atoms with E-state index in [1.54, 1.807) is 0 Å². The van der Waals surface area contributed by atoms with E-state index in [0.717, 1.165) is 25.3 Å². The van der Waals surface area contributed by atoms with E-state index in [2.05, 4.69) is 0 Å². The van der Waals surface area contributed by atoms with Gasteiger partial charge in [0.15, 0.2) is 0 Å². The molecule has 1 aromatic carbocycles. The summed E-state index contributed by atoms with van der Waals surface area (Å²) in [6, 6.07) is 1.32. The molecular formula is C14H18F2N2O2. The number of aliphatic hydroxyl groups excluding tert-OH is 1. The van der Waals surface area contributed by atoms with E-state index < -0.39 is 17.5 Å². The summed E-state index contributed by atoms with van der Waals surface area (Å²) in [6.07, 6.45) is 3.37. The van der Waals surface area contributed by atoms with Crippen molar-refractivity contribution in [1.82, 2.24) is 4.90 Å². The lowest BCUT2D eigenvalue weighted by atomic mass is 10.1. The number of halogens is 2. The largest absolute Gasteiger partial charge is 0.396 e. The van der Waals surface area contributed by atoms with Crippen molar-refractivity contribution in [3.8, 4) is 0 Å². The van der Waals surface area contributed by atoms with Gasteiger partial charge in [-0.15, -0.1) is 0 Å². The minimum absolute atomic E-state index is 0.163. The minimum atomic E-state index is -0.928. The zero-order valence-corrected chi connectivity index (χ0v) is 11.1. The number of likely N-dealkylation sites (tertiary alicyclic amines) is 1. The molecule has 1 aromatic rings. The Kier molecular flexibility index (Phi) is 4.54. The minimum Gasteiger partial charge on any atom is -0.396 e. The van der Waals surface area contributed by atoms with Gasteiger partial charge >= 0.3 is 0 Å². The monoisotopic (exact) mass is 284 g/mol. The first-order valence-corrected chi connectivity index (χ1v) is 6.71. The summed E-state index contributed by atoms with van der Waals surface area (Å²) in [7, 11) is 0. The first-order valence-electron chi connectivity index (χ1n) is 6.71. The summed E-state index contributed by atoms with van der Waals surface area (Å²) in [4.78, 5) is 13.9. The second-order valence-corrected chi connectivity index (χ2v) is 5.04. The van der Waals surface area contributed by atoms with Crippen LogP contribution in [0.1, 0.15) is 36.0 Å². The van der Waals surface area contributed by atoms with Crippen LogP contribution in [0.5, 0.6) is 0 Å². The lowest BCUT2D eigenvalue weighted by Gasteiger charge is -2.29. The van der Waals surface area contributed by atoms with E-state index in [1.807, 2.05) is 0 Å². The van der Waals surface area contributed by atoms with Crippen LogP contribution in [0.4, 0.5) is 14.5 Å². The third-order valence-electron chi connectivity index (χ3n) is 3.67. The van der Waals surface area contributed by atoms with Crippen molar-refractivity contribution in [2.45, 2.75) is 31.7 Å². The summed E-state index contributed by atoms with van der Waals surface area (Å²) in [5.41, 5.74) is 4.89. The van der Waals surface area contributed by atoms with Crippen LogP contribution in [0.3, 0.4) is 0 Å². The number of benzene rings is 1. The molecule has 0 bridgehead atoms. The van der Waals surface area contributed by atoms with Crippen molar-refractivity contribution in [1.29, 1.82) is 0 Å². The Balaban J connectivity index is 2.31. The molecule has 6 heteroatoms. The highest BCUT2D eigenvalue weighted by molar-refractivity contribution is 5.95. The van der Waals surface area contributed by atoms with Gasteiger partial charge in [0.25, 0.3) is 5.91 Å². The molecule has 0 radical (unpaired) electrons. The van der Waals surface area contributed by atoms with E-state index in [4.69, 9.17) is 5.73 Å². The molecule has 1 atom stereocenters. The predicted octanol–water partition coefficient (Wildman–Crippen LogP) is 1.92. The van der Waals surface area contributed by atoms with Gasteiger partial charge in [0.1, 0.15) is 11.6 Å². The number of nitrogen functional groups attached to an aromatic ring is 1. The lowest BCUT2D eigenvalue weighted by molar-refractivity contribution is 0.0595. The van der Waals surface area contributed by atoms with Gasteiger partial charge in [0.05, 0.1) is 23.9 Å². The normalized spacial score (nSPS) is 19.8. The van der Waals surface area contributed by atoms with Crippen molar-refractivity contribution >= 4 is 11.6 Å². The fraction of sp³-hybridized carbons (Fsp3) is 0.500. The lowest BCUT2D eigenvalue weighted by Crippen LogP contribution is -2.42. The highest BCUT2D eigenvalue weighted by atomic mass is 19.1. The van der Waals surface area contributed by atoms with Crippen LogP contribution in [0.25, 0.3) is 0 Å². The molecule has 1 unspecified atom stereocenters. The second kappa shape index (κ2) is 6.17. The molecule has 0 aromatic heterocycles. The molecule has 0 saturated carbocycles. The molecule has 3 N–H and O–H groups in total. The summed E-state index contributed by atoms with van der Waals surface area (Å²) in [6.45, 7) is 0.296. The molecule has 1 amide bonds. The number of carbonyl (C=O) groups is 1. The molecule has 0 aliphatic carbocycles. The van der Waals surface area contributed by atoms with Gasteiger partial charge < -0.3 is 15.7 Å². The Hall–Kier alpha value is -1.69. The molecule has 1 aliphatic heterocycles. The Morgan fingerprint density at radius 1 is 1.30 bits per heavy atom. The predicted molar refractivity (Wildman–Crippen MR) is 71.1 cm³/mol. The molecule has 1 heterocycles. The number of hydrogen-bond acceptors (Lipinski definition) is 3. The summed E-state index contributed by atoms with van der Waals surface area (Å²) < 4.78 is 26.9.